The summed E-state index contributed by atoms with van der Waals surface area (Å²) in [5, 5.41) is 13.0. The summed E-state index contributed by atoms with van der Waals surface area (Å²) in [6, 6.07) is 1.21. The van der Waals surface area contributed by atoms with Gasteiger partial charge in [0.2, 0.25) is 0 Å². The fourth-order valence-corrected chi connectivity index (χ4v) is 4.03. The number of likely N-dealkylation sites (N-methyl/N-ethyl adjacent to an activating group) is 2. The zero-order valence-electron chi connectivity index (χ0n) is 13.9. The molecule has 1 aliphatic heterocycles. The number of nitrogens with zero attached hydrogens (tertiary/aromatic N) is 2. The number of rotatable bonds is 6. The van der Waals surface area contributed by atoms with E-state index < -0.39 is 11.5 Å². The van der Waals surface area contributed by atoms with E-state index in [2.05, 4.69) is 29.2 Å². The second-order valence-corrected chi connectivity index (χ2v) is 7.30. The summed E-state index contributed by atoms with van der Waals surface area (Å²) in [5.41, 5.74) is -0.728. The van der Waals surface area contributed by atoms with Gasteiger partial charge in [0, 0.05) is 24.7 Å². The second kappa shape index (κ2) is 6.63. The first-order chi connectivity index (χ1) is 9.84. The zero-order chi connectivity index (χ0) is 15.6. The lowest BCUT2D eigenvalue weighted by Gasteiger charge is -2.32. The lowest BCUT2D eigenvalue weighted by molar-refractivity contribution is -0.145. The molecular formula is C16H31N3O2. The third-order valence-corrected chi connectivity index (χ3v) is 5.26. The fourth-order valence-electron chi connectivity index (χ4n) is 4.03. The summed E-state index contributed by atoms with van der Waals surface area (Å²) in [7, 11) is 4.35. The molecule has 0 spiro atoms. The largest absolute Gasteiger partial charge is 0.480 e. The second-order valence-electron chi connectivity index (χ2n) is 7.30. The lowest BCUT2D eigenvalue weighted by atomic mass is 9.96. The Kier molecular flexibility index (Phi) is 5.28. The summed E-state index contributed by atoms with van der Waals surface area (Å²) in [6.07, 6.45) is 4.97. The molecule has 1 saturated heterocycles. The maximum atomic E-state index is 11.7. The number of carboxylic acid groups (broad SMARTS) is 1. The minimum absolute atomic E-state index is 0.200. The highest BCUT2D eigenvalue weighted by molar-refractivity contribution is 5.79. The van der Waals surface area contributed by atoms with Crippen LogP contribution in [0.4, 0.5) is 0 Å². The van der Waals surface area contributed by atoms with Gasteiger partial charge in [-0.1, -0.05) is 0 Å². The van der Waals surface area contributed by atoms with Crippen LogP contribution in [0, 0.1) is 0 Å². The Morgan fingerprint density at radius 3 is 2.71 bits per heavy atom. The van der Waals surface area contributed by atoms with Gasteiger partial charge in [0.25, 0.3) is 0 Å². The molecule has 0 aromatic heterocycles. The molecule has 3 unspecified atom stereocenters. The Morgan fingerprint density at radius 2 is 2.19 bits per heavy atom. The number of hydrogen-bond acceptors (Lipinski definition) is 4. The molecule has 0 aromatic rings. The van der Waals surface area contributed by atoms with Crippen molar-refractivity contribution in [2.75, 3.05) is 27.2 Å². The monoisotopic (exact) mass is 297 g/mol. The minimum Gasteiger partial charge on any atom is -0.480 e. The van der Waals surface area contributed by atoms with E-state index in [1.54, 1.807) is 0 Å². The van der Waals surface area contributed by atoms with Crippen molar-refractivity contribution in [2.24, 2.45) is 0 Å². The maximum Gasteiger partial charge on any atom is 0.323 e. The molecule has 5 nitrogen and oxygen atoms in total. The number of carbonyl (C=O) groups is 1. The predicted octanol–water partition coefficient (Wildman–Crippen LogP) is 1.39. The van der Waals surface area contributed by atoms with Crippen molar-refractivity contribution in [1.82, 2.24) is 15.1 Å². The van der Waals surface area contributed by atoms with Gasteiger partial charge in [-0.3, -0.25) is 10.1 Å². The predicted molar refractivity (Wildman–Crippen MR) is 84.6 cm³/mol. The Morgan fingerprint density at radius 1 is 1.48 bits per heavy atom. The SMILES string of the molecule is CC(C)NC1(C(=O)O)CCC(N(C)CC2CCCN2C)C1. The van der Waals surface area contributed by atoms with Crippen LogP contribution in [0.15, 0.2) is 0 Å². The smallest absolute Gasteiger partial charge is 0.323 e. The highest BCUT2D eigenvalue weighted by atomic mass is 16.4. The van der Waals surface area contributed by atoms with Crippen LogP contribution in [0.1, 0.15) is 46.0 Å². The Balaban J connectivity index is 1.94. The zero-order valence-corrected chi connectivity index (χ0v) is 13.9. The van der Waals surface area contributed by atoms with E-state index in [9.17, 15) is 9.90 Å². The molecular weight excluding hydrogens is 266 g/mol. The van der Waals surface area contributed by atoms with Crippen LogP contribution < -0.4 is 5.32 Å². The van der Waals surface area contributed by atoms with Crippen molar-refractivity contribution in [3.05, 3.63) is 0 Å². The van der Waals surface area contributed by atoms with Crippen LogP contribution in [-0.2, 0) is 4.79 Å². The Hall–Kier alpha value is -0.650. The van der Waals surface area contributed by atoms with Crippen LogP contribution in [0.25, 0.3) is 0 Å². The lowest BCUT2D eigenvalue weighted by Crippen LogP contribution is -2.54. The van der Waals surface area contributed by atoms with Crippen molar-refractivity contribution in [3.63, 3.8) is 0 Å². The molecule has 21 heavy (non-hydrogen) atoms. The third kappa shape index (κ3) is 3.76. The average Bonchev–Trinajstić information content (AvgIpc) is 2.97. The van der Waals surface area contributed by atoms with E-state index in [0.29, 0.717) is 18.5 Å². The van der Waals surface area contributed by atoms with E-state index in [1.165, 1.54) is 19.4 Å². The van der Waals surface area contributed by atoms with Gasteiger partial charge in [0.05, 0.1) is 0 Å². The quantitative estimate of drug-likeness (QED) is 0.776. The molecule has 2 aliphatic rings. The normalized spacial score (nSPS) is 34.2. The van der Waals surface area contributed by atoms with E-state index in [0.717, 1.165) is 19.4 Å². The Bertz CT molecular complexity index is 375. The minimum atomic E-state index is -0.728. The van der Waals surface area contributed by atoms with Gasteiger partial charge in [0.1, 0.15) is 5.54 Å². The standard InChI is InChI=1S/C16H31N3O2/c1-12(2)17-16(15(20)21)8-7-13(10-16)19(4)11-14-6-5-9-18(14)3/h12-14,17H,5-11H2,1-4H3,(H,20,21). The Labute approximate surface area is 128 Å². The third-order valence-electron chi connectivity index (χ3n) is 5.26. The van der Waals surface area contributed by atoms with Crippen LogP contribution in [0.2, 0.25) is 0 Å². The van der Waals surface area contributed by atoms with Crippen molar-refractivity contribution in [2.45, 2.75) is 69.6 Å². The number of likely N-dealkylation sites (tertiary alicyclic amines) is 1. The van der Waals surface area contributed by atoms with E-state index in [-0.39, 0.29) is 6.04 Å². The van der Waals surface area contributed by atoms with E-state index in [1.807, 2.05) is 13.8 Å². The van der Waals surface area contributed by atoms with E-state index in [4.69, 9.17) is 0 Å². The van der Waals surface area contributed by atoms with Crippen molar-refractivity contribution in [3.8, 4) is 0 Å². The van der Waals surface area contributed by atoms with Gasteiger partial charge in [-0.2, -0.15) is 0 Å². The molecule has 5 heteroatoms. The van der Waals surface area contributed by atoms with Crippen LogP contribution in [0.5, 0.6) is 0 Å². The summed E-state index contributed by atoms with van der Waals surface area (Å²) < 4.78 is 0. The summed E-state index contributed by atoms with van der Waals surface area (Å²) in [4.78, 5) is 16.6. The van der Waals surface area contributed by atoms with Crippen LogP contribution >= 0.6 is 0 Å². The highest BCUT2D eigenvalue weighted by Gasteiger charge is 2.47. The fraction of sp³-hybridized carbons (Fsp3) is 0.938. The number of nitrogens with one attached hydrogen (secondary N) is 1. The van der Waals surface area contributed by atoms with Crippen LogP contribution in [0.3, 0.4) is 0 Å². The van der Waals surface area contributed by atoms with Gasteiger partial charge >= 0.3 is 5.97 Å². The summed E-state index contributed by atoms with van der Waals surface area (Å²) >= 11 is 0. The summed E-state index contributed by atoms with van der Waals surface area (Å²) in [6.45, 7) is 6.29. The molecule has 3 atom stereocenters. The van der Waals surface area contributed by atoms with Crippen molar-refractivity contribution < 1.29 is 9.90 Å². The molecule has 2 N–H and O–H groups in total. The first kappa shape index (κ1) is 16.7. The average molecular weight is 297 g/mol. The van der Waals surface area contributed by atoms with Gasteiger partial charge in [-0.05, 0) is 66.6 Å². The number of carboxylic acids is 1. The highest BCUT2D eigenvalue weighted by Crippen LogP contribution is 2.34. The summed E-state index contributed by atoms with van der Waals surface area (Å²) in [5.74, 6) is -0.690. The van der Waals surface area contributed by atoms with Crippen LogP contribution in [-0.4, -0.2) is 71.7 Å². The van der Waals surface area contributed by atoms with Crippen molar-refractivity contribution in [1.29, 1.82) is 0 Å². The van der Waals surface area contributed by atoms with E-state index >= 15 is 0 Å². The molecule has 0 bridgehead atoms. The number of hydrogen-bond donors (Lipinski definition) is 2. The molecule has 0 aromatic carbocycles. The van der Waals surface area contributed by atoms with Gasteiger partial charge < -0.3 is 14.9 Å². The molecule has 0 radical (unpaired) electrons. The molecule has 2 rings (SSSR count). The maximum absolute atomic E-state index is 11.7. The molecule has 0 amide bonds. The molecule has 2 fully saturated rings. The van der Waals surface area contributed by atoms with Gasteiger partial charge in [0.15, 0.2) is 0 Å². The van der Waals surface area contributed by atoms with Gasteiger partial charge in [-0.15, -0.1) is 0 Å². The van der Waals surface area contributed by atoms with Gasteiger partial charge in [-0.25, -0.2) is 0 Å². The molecule has 1 heterocycles. The molecule has 122 valence electrons. The van der Waals surface area contributed by atoms with Crippen molar-refractivity contribution >= 4 is 5.97 Å². The number of aliphatic carboxylic acids is 1. The first-order valence-electron chi connectivity index (χ1n) is 8.25. The first-order valence-corrected chi connectivity index (χ1v) is 8.25. The molecule has 1 saturated carbocycles. The topological polar surface area (TPSA) is 55.8 Å². The molecule has 1 aliphatic carbocycles.